The molecule has 80 valence electrons. The van der Waals surface area contributed by atoms with Crippen molar-refractivity contribution in [2.24, 2.45) is 0 Å². The van der Waals surface area contributed by atoms with E-state index in [2.05, 4.69) is 4.98 Å². The van der Waals surface area contributed by atoms with Crippen molar-refractivity contribution in [1.29, 1.82) is 5.26 Å². The Balaban J connectivity index is 2.68. The lowest BCUT2D eigenvalue weighted by Crippen LogP contribution is -1.98. The maximum atomic E-state index is 11.8. The number of aromatic amines is 1. The van der Waals surface area contributed by atoms with Gasteiger partial charge in [0, 0.05) is 27.2 Å². The minimum absolute atomic E-state index is 0.111. The summed E-state index contributed by atoms with van der Waals surface area (Å²) in [5, 5.41) is 9.91. The highest BCUT2D eigenvalue weighted by Crippen LogP contribution is 2.26. The van der Waals surface area contributed by atoms with E-state index >= 15 is 0 Å². The number of Topliss-reactive ketones (excluding diaryl/α,β-unsaturated/α-hetero) is 1. The van der Waals surface area contributed by atoms with Crippen LogP contribution in [0.15, 0.2) is 18.2 Å². The van der Waals surface area contributed by atoms with Gasteiger partial charge in [-0.25, -0.2) is 0 Å². The van der Waals surface area contributed by atoms with Crippen LogP contribution in [0.25, 0.3) is 10.9 Å². The molecule has 0 aliphatic carbocycles. The summed E-state index contributed by atoms with van der Waals surface area (Å²) < 4.78 is 0. The molecule has 4 heteroatoms. The molecule has 0 saturated heterocycles. The average Bonchev–Trinajstić information content (AvgIpc) is 2.53. The van der Waals surface area contributed by atoms with Crippen LogP contribution in [-0.2, 0) is 0 Å². The number of hydrogen-bond acceptors (Lipinski definition) is 2. The molecule has 0 bridgehead atoms. The monoisotopic (exact) mass is 232 g/mol. The van der Waals surface area contributed by atoms with Crippen LogP contribution in [0, 0.1) is 18.3 Å². The summed E-state index contributed by atoms with van der Waals surface area (Å²) in [7, 11) is 0. The fourth-order valence-corrected chi connectivity index (χ4v) is 1.99. The third-order valence-corrected chi connectivity index (χ3v) is 2.70. The Labute approximate surface area is 97.6 Å². The number of rotatable bonds is 2. The minimum Gasteiger partial charge on any atom is -0.358 e. The molecule has 2 aromatic rings. The average molecular weight is 233 g/mol. The van der Waals surface area contributed by atoms with Gasteiger partial charge in [0.25, 0.3) is 0 Å². The first-order chi connectivity index (χ1) is 7.63. The van der Waals surface area contributed by atoms with Gasteiger partial charge in [-0.2, -0.15) is 5.26 Å². The van der Waals surface area contributed by atoms with Crippen LogP contribution in [0.4, 0.5) is 0 Å². The molecule has 3 nitrogen and oxygen atoms in total. The van der Waals surface area contributed by atoms with E-state index in [-0.39, 0.29) is 12.2 Å². The van der Waals surface area contributed by atoms with Gasteiger partial charge >= 0.3 is 0 Å². The van der Waals surface area contributed by atoms with Crippen LogP contribution in [0.2, 0.25) is 5.02 Å². The summed E-state index contributed by atoms with van der Waals surface area (Å²) in [4.78, 5) is 14.9. The van der Waals surface area contributed by atoms with Gasteiger partial charge in [-0.05, 0) is 25.1 Å². The molecule has 2 rings (SSSR count). The summed E-state index contributed by atoms with van der Waals surface area (Å²) in [6.45, 7) is 1.82. The number of carbonyl (C=O) groups excluding carboxylic acids is 1. The first-order valence-electron chi connectivity index (χ1n) is 4.81. The van der Waals surface area contributed by atoms with Gasteiger partial charge in [-0.3, -0.25) is 4.79 Å². The normalized spacial score (nSPS) is 10.3. The molecular formula is C12H9ClN2O. The van der Waals surface area contributed by atoms with Crippen molar-refractivity contribution in [2.45, 2.75) is 13.3 Å². The summed E-state index contributed by atoms with van der Waals surface area (Å²) in [6.07, 6.45) is -0.111. The number of halogens is 1. The highest BCUT2D eigenvalue weighted by molar-refractivity contribution is 6.31. The van der Waals surface area contributed by atoms with Gasteiger partial charge in [0.05, 0.1) is 12.5 Å². The van der Waals surface area contributed by atoms with E-state index in [1.165, 1.54) is 0 Å². The number of aromatic nitrogens is 1. The third kappa shape index (κ3) is 1.68. The molecule has 0 saturated carbocycles. The lowest BCUT2D eigenvalue weighted by atomic mass is 10.1. The first-order valence-corrected chi connectivity index (χ1v) is 5.19. The van der Waals surface area contributed by atoms with Crippen molar-refractivity contribution >= 4 is 28.3 Å². The number of aryl methyl sites for hydroxylation is 1. The molecule has 0 unspecified atom stereocenters. The second kappa shape index (κ2) is 3.99. The van der Waals surface area contributed by atoms with Crippen LogP contribution < -0.4 is 0 Å². The highest BCUT2D eigenvalue weighted by Gasteiger charge is 2.15. The van der Waals surface area contributed by atoms with E-state index in [1.807, 2.05) is 19.1 Å². The van der Waals surface area contributed by atoms with Crippen LogP contribution in [0.3, 0.4) is 0 Å². The topological polar surface area (TPSA) is 56.6 Å². The van der Waals surface area contributed by atoms with Gasteiger partial charge in [0.1, 0.15) is 0 Å². The molecule has 0 fully saturated rings. The number of hydrogen-bond donors (Lipinski definition) is 1. The van der Waals surface area contributed by atoms with Crippen molar-refractivity contribution < 1.29 is 4.79 Å². The molecule has 0 aliphatic heterocycles. The van der Waals surface area contributed by atoms with Crippen molar-refractivity contribution in [3.05, 3.63) is 34.5 Å². The van der Waals surface area contributed by atoms with Gasteiger partial charge in [-0.15, -0.1) is 0 Å². The number of benzene rings is 1. The lowest BCUT2D eigenvalue weighted by molar-refractivity contribution is 0.0999. The Kier molecular flexibility index (Phi) is 2.67. The lowest BCUT2D eigenvalue weighted by Gasteiger charge is -1.96. The zero-order chi connectivity index (χ0) is 11.7. The SMILES string of the molecule is Cc1[nH]c2ccc(Cl)cc2c1C(=O)CC#N. The molecule has 16 heavy (non-hydrogen) atoms. The van der Waals surface area contributed by atoms with E-state index in [1.54, 1.807) is 12.1 Å². The molecule has 1 heterocycles. The Bertz CT molecular complexity index is 607. The Hall–Kier alpha value is -1.79. The van der Waals surface area contributed by atoms with Gasteiger partial charge < -0.3 is 4.98 Å². The maximum absolute atomic E-state index is 11.8. The van der Waals surface area contributed by atoms with E-state index in [9.17, 15) is 4.79 Å². The predicted molar refractivity (Wildman–Crippen MR) is 62.6 cm³/mol. The number of fused-ring (bicyclic) bond motifs is 1. The van der Waals surface area contributed by atoms with Gasteiger partial charge in [-0.1, -0.05) is 11.6 Å². The van der Waals surface area contributed by atoms with Crippen molar-refractivity contribution in [3.8, 4) is 6.07 Å². The standard InChI is InChI=1S/C12H9ClN2O/c1-7-12(11(16)4-5-14)9-6-8(13)2-3-10(9)15-7/h2-3,6,15H,4H2,1H3. The predicted octanol–water partition coefficient (Wildman–Crippen LogP) is 3.23. The highest BCUT2D eigenvalue weighted by atomic mass is 35.5. The van der Waals surface area contributed by atoms with Crippen LogP contribution >= 0.6 is 11.6 Å². The number of nitrogens with zero attached hydrogens (tertiary/aromatic N) is 1. The summed E-state index contributed by atoms with van der Waals surface area (Å²) in [6, 6.07) is 7.20. The largest absolute Gasteiger partial charge is 0.358 e. The fourth-order valence-electron chi connectivity index (χ4n) is 1.82. The van der Waals surface area contributed by atoms with Crippen LogP contribution in [0.1, 0.15) is 22.5 Å². The molecule has 0 aliphatic rings. The number of carbonyl (C=O) groups is 1. The Morgan fingerprint density at radius 3 is 3.00 bits per heavy atom. The quantitative estimate of drug-likeness (QED) is 0.809. The molecule has 1 aromatic carbocycles. The minimum atomic E-state index is -0.173. The second-order valence-electron chi connectivity index (χ2n) is 3.57. The Morgan fingerprint density at radius 1 is 1.56 bits per heavy atom. The number of nitrogens with one attached hydrogen (secondary N) is 1. The number of ketones is 1. The van der Waals surface area contributed by atoms with E-state index in [0.29, 0.717) is 10.6 Å². The number of nitriles is 1. The molecule has 0 amide bonds. The zero-order valence-corrected chi connectivity index (χ0v) is 9.43. The van der Waals surface area contributed by atoms with Crippen molar-refractivity contribution in [3.63, 3.8) is 0 Å². The van der Waals surface area contributed by atoms with Crippen LogP contribution in [-0.4, -0.2) is 10.8 Å². The third-order valence-electron chi connectivity index (χ3n) is 2.47. The first kappa shape index (κ1) is 10.7. The van der Waals surface area contributed by atoms with E-state index in [4.69, 9.17) is 16.9 Å². The molecule has 0 radical (unpaired) electrons. The van der Waals surface area contributed by atoms with Crippen molar-refractivity contribution in [2.75, 3.05) is 0 Å². The second-order valence-corrected chi connectivity index (χ2v) is 4.01. The smallest absolute Gasteiger partial charge is 0.179 e. The maximum Gasteiger partial charge on any atom is 0.179 e. The van der Waals surface area contributed by atoms with Gasteiger partial charge in [0.2, 0.25) is 0 Å². The van der Waals surface area contributed by atoms with Crippen molar-refractivity contribution in [1.82, 2.24) is 4.98 Å². The Morgan fingerprint density at radius 2 is 2.31 bits per heavy atom. The van der Waals surface area contributed by atoms with E-state index in [0.717, 1.165) is 16.6 Å². The summed E-state index contributed by atoms with van der Waals surface area (Å²) in [5.41, 5.74) is 2.21. The number of H-pyrrole nitrogens is 1. The molecule has 0 spiro atoms. The summed E-state index contributed by atoms with van der Waals surface area (Å²) >= 11 is 5.89. The molecule has 1 N–H and O–H groups in total. The van der Waals surface area contributed by atoms with Crippen LogP contribution in [0.5, 0.6) is 0 Å². The molecule has 1 aromatic heterocycles. The zero-order valence-electron chi connectivity index (χ0n) is 8.67. The van der Waals surface area contributed by atoms with E-state index < -0.39 is 0 Å². The molecular weight excluding hydrogens is 224 g/mol. The summed E-state index contributed by atoms with van der Waals surface area (Å²) in [5.74, 6) is -0.173. The molecule has 0 atom stereocenters. The fraction of sp³-hybridized carbons (Fsp3) is 0.167. The van der Waals surface area contributed by atoms with Gasteiger partial charge in [0.15, 0.2) is 5.78 Å².